The Labute approximate surface area is 174 Å². The Morgan fingerprint density at radius 1 is 1.07 bits per heavy atom. The number of nitrogens with zero attached hydrogens (tertiary/aromatic N) is 1. The number of rotatable bonds is 11. The molecule has 1 saturated heterocycles. The summed E-state index contributed by atoms with van der Waals surface area (Å²) in [6, 6.07) is 5.34. The Morgan fingerprint density at radius 3 is 2.45 bits per heavy atom. The SMILES string of the molecule is CCCCCNC(=O)C1CCN(C(=O)c2ccc(OCCCC)c(OC)c2)CC1. The van der Waals surface area contributed by atoms with Crippen LogP contribution in [-0.4, -0.2) is 50.1 Å². The largest absolute Gasteiger partial charge is 0.493 e. The van der Waals surface area contributed by atoms with E-state index in [1.807, 2.05) is 4.90 Å². The van der Waals surface area contributed by atoms with Crippen LogP contribution < -0.4 is 14.8 Å². The lowest BCUT2D eigenvalue weighted by Crippen LogP contribution is -2.43. The second kappa shape index (κ2) is 12.3. The van der Waals surface area contributed by atoms with Crippen molar-refractivity contribution >= 4 is 11.8 Å². The molecule has 0 atom stereocenters. The zero-order valence-electron chi connectivity index (χ0n) is 18.2. The molecule has 2 rings (SSSR count). The molecule has 0 bridgehead atoms. The standard InChI is InChI=1S/C23H36N2O4/c1-4-6-8-13-24-22(26)18-11-14-25(15-12-18)23(27)19-9-10-20(21(17-19)28-3)29-16-7-5-2/h9-10,17-18H,4-8,11-16H2,1-3H3,(H,24,26). The molecule has 0 unspecified atom stereocenters. The van der Waals surface area contributed by atoms with E-state index >= 15 is 0 Å². The Bertz CT molecular complexity index is 654. The van der Waals surface area contributed by atoms with E-state index in [0.29, 0.717) is 49.6 Å². The number of amides is 2. The molecule has 6 nitrogen and oxygen atoms in total. The number of nitrogens with one attached hydrogen (secondary N) is 1. The quantitative estimate of drug-likeness (QED) is 0.566. The van der Waals surface area contributed by atoms with Gasteiger partial charge in [0.1, 0.15) is 0 Å². The zero-order valence-corrected chi connectivity index (χ0v) is 18.2. The highest BCUT2D eigenvalue weighted by molar-refractivity contribution is 5.95. The van der Waals surface area contributed by atoms with Crippen LogP contribution in [0.5, 0.6) is 11.5 Å². The third kappa shape index (κ3) is 6.94. The van der Waals surface area contributed by atoms with Crippen molar-refractivity contribution in [2.75, 3.05) is 33.4 Å². The fourth-order valence-electron chi connectivity index (χ4n) is 3.50. The number of methoxy groups -OCH3 is 1. The van der Waals surface area contributed by atoms with Crippen molar-refractivity contribution < 1.29 is 19.1 Å². The number of carbonyl (C=O) groups excluding carboxylic acids is 2. The maximum Gasteiger partial charge on any atom is 0.253 e. The highest BCUT2D eigenvalue weighted by Gasteiger charge is 2.28. The monoisotopic (exact) mass is 404 g/mol. The van der Waals surface area contributed by atoms with Gasteiger partial charge in [0.15, 0.2) is 11.5 Å². The van der Waals surface area contributed by atoms with E-state index in [-0.39, 0.29) is 17.7 Å². The lowest BCUT2D eigenvalue weighted by atomic mass is 9.95. The fourth-order valence-corrected chi connectivity index (χ4v) is 3.50. The average Bonchev–Trinajstić information content (AvgIpc) is 2.76. The summed E-state index contributed by atoms with van der Waals surface area (Å²) in [5.41, 5.74) is 0.590. The number of hydrogen-bond acceptors (Lipinski definition) is 4. The van der Waals surface area contributed by atoms with Crippen LogP contribution in [0.15, 0.2) is 18.2 Å². The van der Waals surface area contributed by atoms with Gasteiger partial charge in [-0.25, -0.2) is 0 Å². The van der Waals surface area contributed by atoms with Crippen molar-refractivity contribution in [1.29, 1.82) is 0 Å². The molecule has 0 radical (unpaired) electrons. The number of benzene rings is 1. The summed E-state index contributed by atoms with van der Waals surface area (Å²) >= 11 is 0. The van der Waals surface area contributed by atoms with E-state index < -0.39 is 0 Å². The van der Waals surface area contributed by atoms with Crippen molar-refractivity contribution in [3.05, 3.63) is 23.8 Å². The number of unbranched alkanes of at least 4 members (excludes halogenated alkanes) is 3. The first-order valence-corrected chi connectivity index (χ1v) is 11.0. The van der Waals surface area contributed by atoms with Crippen LogP contribution in [0.4, 0.5) is 0 Å². The van der Waals surface area contributed by atoms with Crippen LogP contribution in [0.3, 0.4) is 0 Å². The second-order valence-corrected chi connectivity index (χ2v) is 7.63. The summed E-state index contributed by atoms with van der Waals surface area (Å²) < 4.78 is 11.2. The number of ether oxygens (including phenoxy) is 2. The van der Waals surface area contributed by atoms with Crippen LogP contribution >= 0.6 is 0 Å². The molecule has 1 aromatic carbocycles. The highest BCUT2D eigenvalue weighted by Crippen LogP contribution is 2.29. The van der Waals surface area contributed by atoms with Crippen LogP contribution in [0.25, 0.3) is 0 Å². The van der Waals surface area contributed by atoms with E-state index in [1.54, 1.807) is 25.3 Å². The molecule has 0 aliphatic carbocycles. The molecule has 29 heavy (non-hydrogen) atoms. The maximum atomic E-state index is 12.9. The summed E-state index contributed by atoms with van der Waals surface area (Å²) in [7, 11) is 1.58. The first kappa shape index (κ1) is 23.0. The van der Waals surface area contributed by atoms with E-state index in [4.69, 9.17) is 9.47 Å². The number of hydrogen-bond donors (Lipinski definition) is 1. The predicted octanol–water partition coefficient (Wildman–Crippen LogP) is 4.03. The Kier molecular flexibility index (Phi) is 9.81. The lowest BCUT2D eigenvalue weighted by molar-refractivity contribution is -0.126. The third-order valence-corrected chi connectivity index (χ3v) is 5.40. The first-order valence-electron chi connectivity index (χ1n) is 11.0. The maximum absolute atomic E-state index is 12.9. The van der Waals surface area contributed by atoms with Gasteiger partial charge in [0.05, 0.1) is 13.7 Å². The highest BCUT2D eigenvalue weighted by atomic mass is 16.5. The molecule has 1 fully saturated rings. The van der Waals surface area contributed by atoms with Gasteiger partial charge in [-0.05, 0) is 43.9 Å². The Morgan fingerprint density at radius 2 is 1.79 bits per heavy atom. The van der Waals surface area contributed by atoms with Crippen LogP contribution in [-0.2, 0) is 4.79 Å². The van der Waals surface area contributed by atoms with Crippen LogP contribution in [0.2, 0.25) is 0 Å². The Hall–Kier alpha value is -2.24. The molecule has 2 amide bonds. The third-order valence-electron chi connectivity index (χ3n) is 5.40. The number of likely N-dealkylation sites (tertiary alicyclic amines) is 1. The molecular weight excluding hydrogens is 368 g/mol. The van der Waals surface area contributed by atoms with E-state index in [0.717, 1.165) is 38.6 Å². The fraction of sp³-hybridized carbons (Fsp3) is 0.652. The van der Waals surface area contributed by atoms with E-state index in [9.17, 15) is 9.59 Å². The van der Waals surface area contributed by atoms with Gasteiger partial charge < -0.3 is 19.7 Å². The minimum absolute atomic E-state index is 0.00422. The van der Waals surface area contributed by atoms with Crippen molar-refractivity contribution in [3.8, 4) is 11.5 Å². The number of carbonyl (C=O) groups is 2. The van der Waals surface area contributed by atoms with Gasteiger partial charge in [-0.2, -0.15) is 0 Å². The molecule has 1 aliphatic rings. The van der Waals surface area contributed by atoms with Gasteiger partial charge in [-0.1, -0.05) is 33.1 Å². The summed E-state index contributed by atoms with van der Waals surface area (Å²) in [4.78, 5) is 27.0. The van der Waals surface area contributed by atoms with Crippen molar-refractivity contribution in [2.24, 2.45) is 5.92 Å². The minimum Gasteiger partial charge on any atom is -0.493 e. The van der Waals surface area contributed by atoms with Crippen molar-refractivity contribution in [2.45, 2.75) is 58.8 Å². The Balaban J connectivity index is 1.87. The van der Waals surface area contributed by atoms with Gasteiger partial charge in [-0.3, -0.25) is 9.59 Å². The summed E-state index contributed by atoms with van der Waals surface area (Å²) in [6.07, 6.45) is 6.77. The van der Waals surface area contributed by atoms with Gasteiger partial charge in [0.25, 0.3) is 5.91 Å². The van der Waals surface area contributed by atoms with Crippen LogP contribution in [0, 0.1) is 5.92 Å². The predicted molar refractivity (Wildman–Crippen MR) is 115 cm³/mol. The van der Waals surface area contributed by atoms with Gasteiger partial charge >= 0.3 is 0 Å². The molecule has 6 heteroatoms. The minimum atomic E-state index is -0.0230. The smallest absolute Gasteiger partial charge is 0.253 e. The molecule has 1 aromatic rings. The summed E-state index contributed by atoms with van der Waals surface area (Å²) in [5.74, 6) is 1.35. The molecule has 0 aromatic heterocycles. The molecule has 0 spiro atoms. The second-order valence-electron chi connectivity index (χ2n) is 7.63. The molecule has 162 valence electrons. The number of piperidine rings is 1. The topological polar surface area (TPSA) is 67.9 Å². The zero-order chi connectivity index (χ0) is 21.1. The molecule has 1 heterocycles. The molecular formula is C23H36N2O4. The molecule has 0 saturated carbocycles. The molecule has 1 aliphatic heterocycles. The van der Waals surface area contributed by atoms with Crippen molar-refractivity contribution in [1.82, 2.24) is 10.2 Å². The van der Waals surface area contributed by atoms with E-state index in [2.05, 4.69) is 19.2 Å². The first-order chi connectivity index (χ1) is 14.1. The van der Waals surface area contributed by atoms with Gasteiger partial charge in [-0.15, -0.1) is 0 Å². The van der Waals surface area contributed by atoms with Gasteiger partial charge in [0.2, 0.25) is 5.91 Å². The average molecular weight is 405 g/mol. The van der Waals surface area contributed by atoms with Crippen LogP contribution in [0.1, 0.15) is 69.2 Å². The lowest BCUT2D eigenvalue weighted by Gasteiger charge is -2.31. The van der Waals surface area contributed by atoms with E-state index in [1.165, 1.54) is 0 Å². The van der Waals surface area contributed by atoms with Crippen molar-refractivity contribution in [3.63, 3.8) is 0 Å². The molecule has 1 N–H and O–H groups in total. The summed E-state index contributed by atoms with van der Waals surface area (Å²) in [6.45, 7) is 6.84. The van der Waals surface area contributed by atoms with Gasteiger partial charge in [0, 0.05) is 31.1 Å². The normalized spacial score (nSPS) is 14.5. The summed E-state index contributed by atoms with van der Waals surface area (Å²) in [5, 5.41) is 3.03.